The minimum absolute atomic E-state index is 0.0322. The van der Waals surface area contributed by atoms with Crippen LogP contribution in [0.4, 0.5) is 15.8 Å². The first kappa shape index (κ1) is 14.9. The van der Waals surface area contributed by atoms with E-state index in [2.05, 4.69) is 4.99 Å². The van der Waals surface area contributed by atoms with Gasteiger partial charge in [0.05, 0.1) is 10.6 Å². The van der Waals surface area contributed by atoms with E-state index < -0.39 is 22.2 Å². The molecule has 0 saturated carbocycles. The van der Waals surface area contributed by atoms with Crippen LogP contribution in [0.25, 0.3) is 0 Å². The van der Waals surface area contributed by atoms with Crippen molar-refractivity contribution >= 4 is 29.2 Å². The summed E-state index contributed by atoms with van der Waals surface area (Å²) in [5, 5.41) is 22.6. The van der Waals surface area contributed by atoms with Crippen LogP contribution < -0.4 is 5.11 Å². The van der Waals surface area contributed by atoms with Crippen molar-refractivity contribution in [2.75, 3.05) is 0 Å². The van der Waals surface area contributed by atoms with Gasteiger partial charge in [0.2, 0.25) is 0 Å². The van der Waals surface area contributed by atoms with Crippen molar-refractivity contribution < 1.29 is 14.4 Å². The summed E-state index contributed by atoms with van der Waals surface area (Å²) in [6.07, 6.45) is 1.13. The third kappa shape index (κ3) is 3.35. The first-order valence-electron chi connectivity index (χ1n) is 5.83. The summed E-state index contributed by atoms with van der Waals surface area (Å²) in [4.78, 5) is 13.9. The van der Waals surface area contributed by atoms with Crippen LogP contribution in [0.5, 0.6) is 5.75 Å². The summed E-state index contributed by atoms with van der Waals surface area (Å²) in [5.74, 6) is -1.22. The van der Waals surface area contributed by atoms with Crippen LogP contribution in [0.1, 0.15) is 11.1 Å². The fourth-order valence-electron chi connectivity index (χ4n) is 1.64. The summed E-state index contributed by atoms with van der Waals surface area (Å²) in [6.45, 7) is 1.61. The Kier molecular flexibility index (Phi) is 4.18. The average Bonchev–Trinajstić information content (AvgIpc) is 2.42. The molecule has 0 aliphatic heterocycles. The van der Waals surface area contributed by atoms with E-state index in [0.717, 1.165) is 12.3 Å². The van der Waals surface area contributed by atoms with E-state index >= 15 is 0 Å². The molecule has 7 heteroatoms. The normalized spacial score (nSPS) is 11.0. The first-order chi connectivity index (χ1) is 9.88. The zero-order chi connectivity index (χ0) is 15.6. The lowest BCUT2D eigenvalue weighted by molar-refractivity contribution is -0.398. The summed E-state index contributed by atoms with van der Waals surface area (Å²) in [6, 6.07) is 6.56. The topological polar surface area (TPSA) is 78.6 Å². The summed E-state index contributed by atoms with van der Waals surface area (Å²) in [7, 11) is 0. The predicted molar refractivity (Wildman–Crippen MR) is 75.9 cm³/mol. The molecular weight excluding hydrogens is 299 g/mol. The molecule has 0 unspecified atom stereocenters. The predicted octanol–water partition coefficient (Wildman–Crippen LogP) is 3.52. The molecule has 0 atom stereocenters. The largest absolute Gasteiger partial charge is 0.867 e. The van der Waals surface area contributed by atoms with Gasteiger partial charge in [0, 0.05) is 17.3 Å². The summed E-state index contributed by atoms with van der Waals surface area (Å²) >= 11 is 5.73. The highest BCUT2D eigenvalue weighted by Crippen LogP contribution is 2.30. The van der Waals surface area contributed by atoms with Gasteiger partial charge in [-0.3, -0.25) is 15.1 Å². The molecule has 0 fully saturated rings. The monoisotopic (exact) mass is 307 g/mol. The van der Waals surface area contributed by atoms with Crippen LogP contribution >= 0.6 is 11.6 Å². The van der Waals surface area contributed by atoms with E-state index in [4.69, 9.17) is 11.6 Å². The average molecular weight is 308 g/mol. The van der Waals surface area contributed by atoms with Gasteiger partial charge in [-0.15, -0.1) is 0 Å². The van der Waals surface area contributed by atoms with Crippen molar-refractivity contribution in [3.8, 4) is 5.75 Å². The second-order valence-electron chi connectivity index (χ2n) is 4.29. The molecule has 2 aromatic rings. The molecule has 0 bridgehead atoms. The van der Waals surface area contributed by atoms with Gasteiger partial charge in [0.25, 0.3) is 5.69 Å². The smallest absolute Gasteiger partial charge is 0.263 e. The van der Waals surface area contributed by atoms with Crippen molar-refractivity contribution in [2.45, 2.75) is 6.92 Å². The number of rotatable bonds is 3. The molecule has 0 spiro atoms. The third-order valence-electron chi connectivity index (χ3n) is 2.77. The summed E-state index contributed by atoms with van der Waals surface area (Å²) < 4.78 is 13.4. The van der Waals surface area contributed by atoms with Gasteiger partial charge in [-0.25, -0.2) is 4.39 Å². The molecule has 0 amide bonds. The van der Waals surface area contributed by atoms with E-state index in [1.54, 1.807) is 19.1 Å². The van der Waals surface area contributed by atoms with Gasteiger partial charge < -0.3 is 5.11 Å². The van der Waals surface area contributed by atoms with E-state index in [0.29, 0.717) is 11.3 Å². The number of nitro benzene ring substituents is 1. The summed E-state index contributed by atoms with van der Waals surface area (Å²) in [5.41, 5.74) is 0.103. The molecular formula is C14H9ClFN2O3-. The molecule has 0 heterocycles. The lowest BCUT2D eigenvalue weighted by atomic mass is 10.2. The molecule has 0 N–H and O–H groups in total. The van der Waals surface area contributed by atoms with Gasteiger partial charge in [-0.1, -0.05) is 17.7 Å². The first-order valence-corrected chi connectivity index (χ1v) is 6.21. The molecule has 108 valence electrons. The number of hydrogen-bond acceptors (Lipinski definition) is 4. The maximum absolute atomic E-state index is 13.4. The Morgan fingerprint density at radius 1 is 1.33 bits per heavy atom. The molecule has 0 radical (unpaired) electrons. The van der Waals surface area contributed by atoms with Crippen molar-refractivity contribution in [3.05, 3.63) is 62.4 Å². The van der Waals surface area contributed by atoms with E-state index in [9.17, 15) is 19.6 Å². The zero-order valence-electron chi connectivity index (χ0n) is 10.8. The lowest BCUT2D eigenvalue weighted by Crippen LogP contribution is -2.02. The fourth-order valence-corrected chi connectivity index (χ4v) is 1.86. The van der Waals surface area contributed by atoms with Crippen molar-refractivity contribution in [1.29, 1.82) is 0 Å². The Balaban J connectivity index is 2.41. The Hall–Kier alpha value is -2.47. The van der Waals surface area contributed by atoms with Crippen LogP contribution in [-0.4, -0.2) is 11.1 Å². The molecule has 5 nitrogen and oxygen atoms in total. The second-order valence-corrected chi connectivity index (χ2v) is 4.73. The molecule has 2 rings (SSSR count). The molecule has 0 aliphatic carbocycles. The van der Waals surface area contributed by atoms with E-state index in [-0.39, 0.29) is 10.6 Å². The quantitative estimate of drug-likeness (QED) is 0.494. The maximum Gasteiger partial charge on any atom is 0.263 e. The van der Waals surface area contributed by atoms with Crippen LogP contribution in [0, 0.1) is 22.9 Å². The van der Waals surface area contributed by atoms with E-state index in [1.165, 1.54) is 12.1 Å². The van der Waals surface area contributed by atoms with Crippen LogP contribution in [0.2, 0.25) is 5.02 Å². The van der Waals surface area contributed by atoms with Gasteiger partial charge in [-0.2, -0.15) is 0 Å². The number of aliphatic imine (C=N–C) groups is 1. The number of benzene rings is 2. The van der Waals surface area contributed by atoms with Gasteiger partial charge in [0.1, 0.15) is 5.82 Å². The highest BCUT2D eigenvalue weighted by atomic mass is 35.5. The molecule has 21 heavy (non-hydrogen) atoms. The van der Waals surface area contributed by atoms with Crippen molar-refractivity contribution in [2.24, 2.45) is 4.99 Å². The number of aryl methyl sites for hydroxylation is 1. The van der Waals surface area contributed by atoms with Gasteiger partial charge in [-0.05, 0) is 42.0 Å². The minimum Gasteiger partial charge on any atom is -0.867 e. The molecule has 2 aromatic carbocycles. The highest BCUT2D eigenvalue weighted by molar-refractivity contribution is 6.31. The van der Waals surface area contributed by atoms with Crippen LogP contribution in [-0.2, 0) is 0 Å². The van der Waals surface area contributed by atoms with Crippen molar-refractivity contribution in [1.82, 2.24) is 0 Å². The van der Waals surface area contributed by atoms with Gasteiger partial charge in [0.15, 0.2) is 0 Å². The lowest BCUT2D eigenvalue weighted by Gasteiger charge is -2.10. The number of nitrogens with zero attached hydrogens (tertiary/aromatic N) is 2. The Bertz CT molecular complexity index is 747. The Morgan fingerprint density at radius 3 is 2.67 bits per heavy atom. The fraction of sp³-hybridized carbons (Fsp3) is 0.0714. The molecule has 0 aromatic heterocycles. The number of halogens is 2. The molecule has 0 saturated heterocycles. The standard InChI is InChI=1S/C14H10ClFN2O3/c1-8-2-3-11(6-12(8)16)17-7-9-4-10(15)5-13(14(9)19)18(20)21/h2-7,19H,1H3/p-1. The van der Waals surface area contributed by atoms with Crippen LogP contribution in [0.3, 0.4) is 0 Å². The maximum atomic E-state index is 13.4. The van der Waals surface area contributed by atoms with Gasteiger partial charge >= 0.3 is 0 Å². The van der Waals surface area contributed by atoms with E-state index in [1.807, 2.05) is 0 Å². The van der Waals surface area contributed by atoms with Crippen molar-refractivity contribution in [3.63, 3.8) is 0 Å². The third-order valence-corrected chi connectivity index (χ3v) is 2.99. The minimum atomic E-state index is -0.808. The zero-order valence-corrected chi connectivity index (χ0v) is 11.6. The SMILES string of the molecule is Cc1ccc(N=Cc2cc(Cl)cc([N+](=O)[O-])c2[O-])cc1F. The Labute approximate surface area is 124 Å². The number of hydrogen-bond donors (Lipinski definition) is 0. The molecule has 0 aliphatic rings. The highest BCUT2D eigenvalue weighted by Gasteiger charge is 2.11. The van der Waals surface area contributed by atoms with Crippen LogP contribution in [0.15, 0.2) is 35.3 Å². The Morgan fingerprint density at radius 2 is 2.05 bits per heavy atom. The second kappa shape index (κ2) is 5.88. The number of nitro groups is 1.